The zero-order valence-electron chi connectivity index (χ0n) is 16.5. The van der Waals surface area contributed by atoms with Crippen LogP contribution >= 0.6 is 0 Å². The van der Waals surface area contributed by atoms with E-state index in [2.05, 4.69) is 38.9 Å². The minimum Gasteiger partial charge on any atom is -0.264 e. The van der Waals surface area contributed by atoms with Crippen LogP contribution in [0.25, 0.3) is 5.57 Å². The zero-order chi connectivity index (χ0) is 19.8. The minimum absolute atomic E-state index is 0.0613. The van der Waals surface area contributed by atoms with Crippen molar-refractivity contribution >= 4 is 5.57 Å². The molecule has 0 N–H and O–H groups in total. The van der Waals surface area contributed by atoms with Crippen molar-refractivity contribution in [1.82, 2.24) is 4.98 Å². The molecule has 140 valence electrons. The van der Waals surface area contributed by atoms with E-state index < -0.39 is 0 Å². The summed E-state index contributed by atoms with van der Waals surface area (Å²) in [6.07, 6.45) is 12.8. The van der Waals surface area contributed by atoms with Crippen LogP contribution in [0, 0.1) is 12.7 Å². The molecule has 0 radical (unpaired) electrons. The third-order valence-electron chi connectivity index (χ3n) is 4.81. The first-order valence-corrected chi connectivity index (χ1v) is 9.34. The van der Waals surface area contributed by atoms with Gasteiger partial charge in [0.2, 0.25) is 0 Å². The Labute approximate surface area is 162 Å². The Bertz CT molecular complexity index is 874. The first-order valence-electron chi connectivity index (χ1n) is 9.34. The third kappa shape index (κ3) is 5.37. The standard InChI is InChI=1S/C25H28FN/c1-6-8-10-21(9-7-2)24-12-11-22(16-25(24)26)20(5)19(4)15-23-17-27-14-13-18(23)3/h7-14,16-17,20H,2,4,6,15H2,1,3,5H3/b10-8-,21-9+. The van der Waals surface area contributed by atoms with Crippen molar-refractivity contribution in [2.75, 3.05) is 0 Å². The Balaban J connectivity index is 2.24. The molecule has 1 unspecified atom stereocenters. The van der Waals surface area contributed by atoms with E-state index >= 15 is 0 Å². The van der Waals surface area contributed by atoms with Crippen molar-refractivity contribution in [2.24, 2.45) is 0 Å². The fraction of sp³-hybridized carbons (Fsp3) is 0.240. The highest BCUT2D eigenvalue weighted by Gasteiger charge is 2.14. The number of nitrogens with zero attached hydrogens (tertiary/aromatic N) is 1. The number of hydrogen-bond acceptors (Lipinski definition) is 1. The summed E-state index contributed by atoms with van der Waals surface area (Å²) in [6.45, 7) is 14.2. The first-order chi connectivity index (χ1) is 13.0. The molecule has 1 heterocycles. The van der Waals surface area contributed by atoms with Crippen molar-refractivity contribution in [3.8, 4) is 0 Å². The maximum absolute atomic E-state index is 14.8. The van der Waals surface area contributed by atoms with E-state index in [1.165, 1.54) is 5.56 Å². The normalized spacial score (nSPS) is 13.0. The van der Waals surface area contributed by atoms with Gasteiger partial charge in [0.15, 0.2) is 0 Å². The lowest BCUT2D eigenvalue weighted by atomic mass is 9.88. The molecule has 0 bridgehead atoms. The van der Waals surface area contributed by atoms with Gasteiger partial charge in [-0.25, -0.2) is 4.39 Å². The summed E-state index contributed by atoms with van der Waals surface area (Å²) in [5, 5.41) is 0. The second-order valence-corrected chi connectivity index (χ2v) is 6.77. The highest BCUT2D eigenvalue weighted by molar-refractivity contribution is 5.75. The zero-order valence-corrected chi connectivity index (χ0v) is 16.5. The molecule has 1 nitrogen and oxygen atoms in total. The van der Waals surface area contributed by atoms with Crippen molar-refractivity contribution in [3.05, 3.63) is 108 Å². The lowest BCUT2D eigenvalue weighted by Gasteiger charge is -2.17. The smallest absolute Gasteiger partial charge is 0.131 e. The average molecular weight is 362 g/mol. The molecule has 2 aromatic rings. The van der Waals surface area contributed by atoms with Gasteiger partial charge in [0.1, 0.15) is 5.82 Å². The molecule has 0 saturated heterocycles. The van der Waals surface area contributed by atoms with Crippen molar-refractivity contribution in [3.63, 3.8) is 0 Å². The summed E-state index contributed by atoms with van der Waals surface area (Å²) >= 11 is 0. The Kier molecular flexibility index (Phi) is 7.48. The van der Waals surface area contributed by atoms with Gasteiger partial charge in [0.25, 0.3) is 0 Å². The Hall–Kier alpha value is -2.74. The van der Waals surface area contributed by atoms with E-state index in [-0.39, 0.29) is 11.7 Å². The molecule has 1 aromatic heterocycles. The number of aryl methyl sites for hydroxylation is 1. The Morgan fingerprint density at radius 2 is 2.07 bits per heavy atom. The summed E-state index contributed by atoms with van der Waals surface area (Å²) < 4.78 is 14.8. The highest BCUT2D eigenvalue weighted by atomic mass is 19.1. The van der Waals surface area contributed by atoms with E-state index in [0.29, 0.717) is 5.56 Å². The molecule has 27 heavy (non-hydrogen) atoms. The van der Waals surface area contributed by atoms with E-state index in [1.54, 1.807) is 18.3 Å². The van der Waals surface area contributed by atoms with Crippen LogP contribution in [-0.2, 0) is 6.42 Å². The SMILES string of the molecule is C=C/C=C(\C=C/CC)c1ccc(C(C)C(=C)Cc2cnccc2C)cc1F. The molecule has 0 saturated carbocycles. The lowest BCUT2D eigenvalue weighted by Crippen LogP contribution is -2.03. The van der Waals surface area contributed by atoms with Gasteiger partial charge in [-0.3, -0.25) is 4.98 Å². The molecule has 0 aliphatic rings. The van der Waals surface area contributed by atoms with Crippen LogP contribution in [0.1, 0.15) is 48.4 Å². The molecule has 0 spiro atoms. The van der Waals surface area contributed by atoms with Crippen LogP contribution in [0.15, 0.2) is 79.7 Å². The van der Waals surface area contributed by atoms with Crippen LogP contribution in [0.3, 0.4) is 0 Å². The maximum atomic E-state index is 14.8. The molecular weight excluding hydrogens is 333 g/mol. The van der Waals surface area contributed by atoms with Crippen molar-refractivity contribution in [1.29, 1.82) is 0 Å². The predicted octanol–water partition coefficient (Wildman–Crippen LogP) is 6.97. The number of aromatic nitrogens is 1. The summed E-state index contributed by atoms with van der Waals surface area (Å²) in [6, 6.07) is 7.46. The quantitative estimate of drug-likeness (QED) is 0.365. The second kappa shape index (κ2) is 9.82. The van der Waals surface area contributed by atoms with Crippen LogP contribution < -0.4 is 0 Å². The summed E-state index contributed by atoms with van der Waals surface area (Å²) in [7, 11) is 0. The van der Waals surface area contributed by atoms with E-state index in [1.807, 2.05) is 42.6 Å². The Morgan fingerprint density at radius 3 is 2.70 bits per heavy atom. The molecule has 2 heteroatoms. The molecule has 0 amide bonds. The highest BCUT2D eigenvalue weighted by Crippen LogP contribution is 2.29. The monoisotopic (exact) mass is 361 g/mol. The lowest BCUT2D eigenvalue weighted by molar-refractivity contribution is 0.620. The van der Waals surface area contributed by atoms with Crippen LogP contribution in [-0.4, -0.2) is 4.98 Å². The Morgan fingerprint density at radius 1 is 1.30 bits per heavy atom. The van der Waals surface area contributed by atoms with Crippen molar-refractivity contribution < 1.29 is 4.39 Å². The summed E-state index contributed by atoms with van der Waals surface area (Å²) in [5.41, 5.74) is 5.75. The molecule has 0 fully saturated rings. The third-order valence-corrected chi connectivity index (χ3v) is 4.81. The van der Waals surface area contributed by atoms with Gasteiger partial charge in [-0.05, 0) is 54.2 Å². The van der Waals surface area contributed by atoms with E-state index in [9.17, 15) is 4.39 Å². The number of rotatable bonds is 8. The number of hydrogen-bond donors (Lipinski definition) is 0. The fourth-order valence-electron chi connectivity index (χ4n) is 2.96. The maximum Gasteiger partial charge on any atom is 0.131 e. The van der Waals surface area contributed by atoms with Crippen LogP contribution in [0.5, 0.6) is 0 Å². The molecular formula is C25H28FN. The minimum atomic E-state index is -0.224. The molecule has 0 aliphatic heterocycles. The van der Waals surface area contributed by atoms with Gasteiger partial charge < -0.3 is 0 Å². The number of halogens is 1. The van der Waals surface area contributed by atoms with Gasteiger partial charge in [-0.2, -0.15) is 0 Å². The van der Waals surface area contributed by atoms with Gasteiger partial charge in [0.05, 0.1) is 0 Å². The summed E-state index contributed by atoms with van der Waals surface area (Å²) in [5.74, 6) is -0.162. The van der Waals surface area contributed by atoms with Crippen LogP contribution in [0.2, 0.25) is 0 Å². The largest absolute Gasteiger partial charge is 0.264 e. The fourth-order valence-corrected chi connectivity index (χ4v) is 2.96. The van der Waals surface area contributed by atoms with Gasteiger partial charge in [0, 0.05) is 23.9 Å². The topological polar surface area (TPSA) is 12.9 Å². The first kappa shape index (κ1) is 20.6. The van der Waals surface area contributed by atoms with Gasteiger partial charge in [-0.1, -0.05) is 69.0 Å². The van der Waals surface area contributed by atoms with Crippen LogP contribution in [0.4, 0.5) is 4.39 Å². The predicted molar refractivity (Wildman–Crippen MR) is 114 cm³/mol. The number of pyridine rings is 1. The van der Waals surface area contributed by atoms with Crippen molar-refractivity contribution in [2.45, 2.75) is 39.5 Å². The van der Waals surface area contributed by atoms with E-state index in [4.69, 9.17) is 0 Å². The molecule has 0 aliphatic carbocycles. The summed E-state index contributed by atoms with van der Waals surface area (Å²) in [4.78, 5) is 4.20. The second-order valence-electron chi connectivity index (χ2n) is 6.77. The average Bonchev–Trinajstić information content (AvgIpc) is 2.66. The molecule has 1 aromatic carbocycles. The molecule has 1 atom stereocenters. The number of allylic oxidation sites excluding steroid dienone is 6. The van der Waals surface area contributed by atoms with Gasteiger partial charge in [-0.15, -0.1) is 0 Å². The van der Waals surface area contributed by atoms with E-state index in [0.717, 1.165) is 35.1 Å². The molecule has 2 rings (SSSR count). The van der Waals surface area contributed by atoms with Gasteiger partial charge >= 0.3 is 0 Å². The number of benzene rings is 1.